The number of amides is 1. The molecule has 0 bridgehead atoms. The Balaban J connectivity index is 1.55. The number of carboxylic acids is 1. The van der Waals surface area contributed by atoms with Crippen LogP contribution in [-0.2, 0) is 11.3 Å². The Morgan fingerprint density at radius 2 is 1.81 bits per heavy atom. The molecule has 1 fully saturated rings. The first-order valence-corrected chi connectivity index (χ1v) is 8.86. The molecule has 0 spiro atoms. The van der Waals surface area contributed by atoms with E-state index in [-0.39, 0.29) is 11.6 Å². The number of aliphatic carboxylic acids is 1. The number of carbonyl (C=O) groups is 2. The van der Waals surface area contributed by atoms with Crippen LogP contribution in [0.25, 0.3) is 0 Å². The number of hydrogen-bond acceptors (Lipinski definition) is 4. The number of rotatable bonds is 5. The van der Waals surface area contributed by atoms with Gasteiger partial charge in [-0.05, 0) is 30.7 Å². The van der Waals surface area contributed by atoms with Crippen LogP contribution in [0, 0.1) is 0 Å². The van der Waals surface area contributed by atoms with E-state index in [9.17, 15) is 9.59 Å². The Labute approximate surface area is 156 Å². The Morgan fingerprint density at radius 1 is 1.15 bits per heavy atom. The molecule has 0 radical (unpaired) electrons. The maximum atomic E-state index is 12.6. The maximum Gasteiger partial charge on any atom is 0.328 e. The highest BCUT2D eigenvalue weighted by Gasteiger charge is 2.24. The molecule has 3 rings (SSSR count). The molecule has 1 aliphatic rings. The predicted molar refractivity (Wildman–Crippen MR) is 97.2 cm³/mol. The number of carboxylic acid groups (broad SMARTS) is 1. The molecule has 1 saturated heterocycles. The normalized spacial score (nSPS) is 16.5. The maximum absolute atomic E-state index is 12.6. The molecule has 26 heavy (non-hydrogen) atoms. The van der Waals surface area contributed by atoms with Crippen molar-refractivity contribution < 1.29 is 14.7 Å². The largest absolute Gasteiger partial charge is 0.480 e. The summed E-state index contributed by atoms with van der Waals surface area (Å²) in [5.41, 5.74) is 1.47. The number of benzene rings is 1. The zero-order valence-electron chi connectivity index (χ0n) is 14.5. The lowest BCUT2D eigenvalue weighted by molar-refractivity contribution is -0.140. The van der Waals surface area contributed by atoms with Gasteiger partial charge in [-0.2, -0.15) is 5.10 Å². The summed E-state index contributed by atoms with van der Waals surface area (Å²) in [6, 6.07) is 8.55. The Bertz CT molecular complexity index is 782. The number of hydrogen-bond donors (Lipinski definition) is 1. The summed E-state index contributed by atoms with van der Waals surface area (Å²) in [6.45, 7) is 5.14. The lowest BCUT2D eigenvalue weighted by atomic mass is 10.2. The number of carbonyl (C=O) groups excluding carboxylic acids is 1. The Hall–Kier alpha value is -2.38. The minimum absolute atomic E-state index is 0.160. The summed E-state index contributed by atoms with van der Waals surface area (Å²) < 4.78 is 1.30. The number of nitrogens with zero attached hydrogens (tertiary/aromatic N) is 4. The third-order valence-corrected chi connectivity index (χ3v) is 4.81. The highest BCUT2D eigenvalue weighted by Crippen LogP contribution is 2.14. The molecule has 0 saturated carbocycles. The van der Waals surface area contributed by atoms with Crippen molar-refractivity contribution in [1.29, 1.82) is 0 Å². The van der Waals surface area contributed by atoms with Crippen molar-refractivity contribution in [3.63, 3.8) is 0 Å². The summed E-state index contributed by atoms with van der Waals surface area (Å²) in [5.74, 6) is -1.14. The second-order valence-corrected chi connectivity index (χ2v) is 6.83. The summed E-state index contributed by atoms with van der Waals surface area (Å²) in [5, 5.41) is 13.9. The molecule has 2 aromatic rings. The molecule has 138 valence electrons. The first kappa shape index (κ1) is 18.4. The van der Waals surface area contributed by atoms with E-state index in [1.54, 1.807) is 11.0 Å². The molecular weight excluding hydrogens is 356 g/mol. The molecule has 7 nitrogen and oxygen atoms in total. The average Bonchev–Trinajstić information content (AvgIpc) is 3.13. The van der Waals surface area contributed by atoms with Crippen molar-refractivity contribution in [2.75, 3.05) is 26.2 Å². The second-order valence-electron chi connectivity index (χ2n) is 6.39. The van der Waals surface area contributed by atoms with E-state index in [2.05, 4.69) is 10.00 Å². The van der Waals surface area contributed by atoms with E-state index in [1.165, 1.54) is 23.4 Å². The SMILES string of the molecule is CC(C(=O)O)n1ccc(C(=O)N2CCN(Cc3ccc(Cl)cc3)CC2)n1. The predicted octanol–water partition coefficient (Wildman–Crippen LogP) is 2.14. The van der Waals surface area contributed by atoms with E-state index in [1.807, 2.05) is 24.3 Å². The quantitative estimate of drug-likeness (QED) is 0.864. The van der Waals surface area contributed by atoms with Gasteiger partial charge in [-0.3, -0.25) is 14.4 Å². The van der Waals surface area contributed by atoms with E-state index in [4.69, 9.17) is 16.7 Å². The van der Waals surface area contributed by atoms with Gasteiger partial charge in [-0.1, -0.05) is 23.7 Å². The van der Waals surface area contributed by atoms with Gasteiger partial charge in [0.1, 0.15) is 11.7 Å². The Morgan fingerprint density at radius 3 is 2.42 bits per heavy atom. The Kier molecular flexibility index (Phi) is 5.58. The molecular formula is C18H21ClN4O3. The van der Waals surface area contributed by atoms with Crippen LogP contribution in [0.5, 0.6) is 0 Å². The van der Waals surface area contributed by atoms with Gasteiger partial charge in [0.2, 0.25) is 0 Å². The van der Waals surface area contributed by atoms with Gasteiger partial charge in [0.25, 0.3) is 5.91 Å². The molecule has 1 aromatic carbocycles. The van der Waals surface area contributed by atoms with Crippen LogP contribution in [0.3, 0.4) is 0 Å². The molecule has 1 unspecified atom stereocenters. The standard InChI is InChI=1S/C18H21ClN4O3/c1-13(18(25)26)23-7-6-16(20-23)17(24)22-10-8-21(9-11-22)12-14-2-4-15(19)5-3-14/h2-7,13H,8-12H2,1H3,(H,25,26). The van der Waals surface area contributed by atoms with Crippen LogP contribution in [0.15, 0.2) is 36.5 Å². The highest BCUT2D eigenvalue weighted by molar-refractivity contribution is 6.30. The molecule has 1 atom stereocenters. The third kappa shape index (κ3) is 4.23. The number of aromatic nitrogens is 2. The van der Waals surface area contributed by atoms with Crippen molar-refractivity contribution in [3.05, 3.63) is 52.8 Å². The van der Waals surface area contributed by atoms with Crippen molar-refractivity contribution in [2.24, 2.45) is 0 Å². The minimum atomic E-state index is -0.983. The fraction of sp³-hybridized carbons (Fsp3) is 0.389. The lowest BCUT2D eigenvalue weighted by Crippen LogP contribution is -2.48. The van der Waals surface area contributed by atoms with Crippen LogP contribution >= 0.6 is 11.6 Å². The van der Waals surface area contributed by atoms with Crippen molar-refractivity contribution in [3.8, 4) is 0 Å². The highest BCUT2D eigenvalue weighted by atomic mass is 35.5. The summed E-state index contributed by atoms with van der Waals surface area (Å²) in [7, 11) is 0. The third-order valence-electron chi connectivity index (χ3n) is 4.56. The first-order valence-electron chi connectivity index (χ1n) is 8.48. The van der Waals surface area contributed by atoms with Crippen LogP contribution in [0.2, 0.25) is 5.02 Å². The first-order chi connectivity index (χ1) is 12.4. The molecule has 8 heteroatoms. The van der Waals surface area contributed by atoms with Crippen molar-refractivity contribution in [1.82, 2.24) is 19.6 Å². The monoisotopic (exact) mass is 376 g/mol. The van der Waals surface area contributed by atoms with Crippen LogP contribution in [0.4, 0.5) is 0 Å². The summed E-state index contributed by atoms with van der Waals surface area (Å²) in [4.78, 5) is 27.6. The van der Waals surface area contributed by atoms with E-state index < -0.39 is 12.0 Å². The van der Waals surface area contributed by atoms with Gasteiger partial charge in [-0.15, -0.1) is 0 Å². The molecule has 1 aromatic heterocycles. The van der Waals surface area contributed by atoms with Crippen LogP contribution < -0.4 is 0 Å². The molecule has 1 amide bonds. The van der Waals surface area contributed by atoms with Gasteiger partial charge >= 0.3 is 5.97 Å². The topological polar surface area (TPSA) is 78.7 Å². The average molecular weight is 377 g/mol. The number of piperazine rings is 1. The van der Waals surface area contributed by atoms with E-state index >= 15 is 0 Å². The van der Waals surface area contributed by atoms with E-state index in [0.29, 0.717) is 13.1 Å². The van der Waals surface area contributed by atoms with Crippen LogP contribution in [0.1, 0.15) is 29.0 Å². The zero-order valence-corrected chi connectivity index (χ0v) is 15.3. The second kappa shape index (κ2) is 7.88. The van der Waals surface area contributed by atoms with E-state index in [0.717, 1.165) is 24.7 Å². The van der Waals surface area contributed by atoms with Gasteiger partial charge in [0.15, 0.2) is 0 Å². The van der Waals surface area contributed by atoms with Crippen LogP contribution in [-0.4, -0.2) is 62.7 Å². The minimum Gasteiger partial charge on any atom is -0.480 e. The van der Waals surface area contributed by atoms with Crippen molar-refractivity contribution in [2.45, 2.75) is 19.5 Å². The molecule has 2 heterocycles. The molecule has 1 aliphatic heterocycles. The molecule has 1 N–H and O–H groups in total. The summed E-state index contributed by atoms with van der Waals surface area (Å²) >= 11 is 5.91. The fourth-order valence-electron chi connectivity index (χ4n) is 2.90. The zero-order chi connectivity index (χ0) is 18.7. The molecule has 0 aliphatic carbocycles. The number of halogens is 1. The van der Waals surface area contributed by atoms with Crippen molar-refractivity contribution >= 4 is 23.5 Å². The fourth-order valence-corrected chi connectivity index (χ4v) is 3.03. The van der Waals surface area contributed by atoms with Gasteiger partial charge in [-0.25, -0.2) is 4.79 Å². The summed E-state index contributed by atoms with van der Waals surface area (Å²) in [6.07, 6.45) is 1.53. The lowest BCUT2D eigenvalue weighted by Gasteiger charge is -2.34. The van der Waals surface area contributed by atoms with Gasteiger partial charge in [0.05, 0.1) is 0 Å². The van der Waals surface area contributed by atoms with Gasteiger partial charge in [0, 0.05) is 43.9 Å². The van der Waals surface area contributed by atoms with Gasteiger partial charge < -0.3 is 10.0 Å². The smallest absolute Gasteiger partial charge is 0.328 e.